The third-order valence-corrected chi connectivity index (χ3v) is 4.10. The van der Waals surface area contributed by atoms with Gasteiger partial charge in [0.1, 0.15) is 23.5 Å². The molecule has 0 heterocycles. The Kier molecular flexibility index (Phi) is 5.17. The zero-order chi connectivity index (χ0) is 17.9. The van der Waals surface area contributed by atoms with E-state index >= 15 is 0 Å². The van der Waals surface area contributed by atoms with Crippen LogP contribution in [-0.2, 0) is 5.60 Å². The maximum atomic E-state index is 10.6. The third-order valence-electron chi connectivity index (χ3n) is 3.48. The van der Waals surface area contributed by atoms with E-state index in [2.05, 4.69) is 0 Å². The number of nitriles is 2. The van der Waals surface area contributed by atoms with Gasteiger partial charge in [-0.2, -0.15) is 10.5 Å². The summed E-state index contributed by atoms with van der Waals surface area (Å²) in [5.74, 6) is -0.202. The van der Waals surface area contributed by atoms with Gasteiger partial charge in [0.05, 0.1) is 21.2 Å². The smallest absolute Gasteiger partial charge is 0.122 e. The van der Waals surface area contributed by atoms with Gasteiger partial charge in [0, 0.05) is 5.56 Å². The van der Waals surface area contributed by atoms with Gasteiger partial charge in [-0.05, 0) is 48.9 Å². The van der Waals surface area contributed by atoms with E-state index in [9.17, 15) is 10.2 Å². The Balaban J connectivity index is 2.41. The van der Waals surface area contributed by atoms with E-state index in [1.165, 1.54) is 43.3 Å². The summed E-state index contributed by atoms with van der Waals surface area (Å²) in [7, 11) is 0. The molecule has 2 N–H and O–H groups in total. The van der Waals surface area contributed by atoms with Crippen LogP contribution in [0.5, 0.6) is 0 Å². The molecule has 6 heteroatoms. The van der Waals surface area contributed by atoms with Crippen LogP contribution >= 0.6 is 23.2 Å². The quantitative estimate of drug-likeness (QED) is 0.788. The topological polar surface area (TPSA) is 88.0 Å². The number of hydrogen-bond acceptors (Lipinski definition) is 4. The predicted octanol–water partition coefficient (Wildman–Crippen LogP) is 4.54. The van der Waals surface area contributed by atoms with Gasteiger partial charge >= 0.3 is 0 Å². The van der Waals surface area contributed by atoms with E-state index in [1.807, 2.05) is 12.1 Å². The van der Waals surface area contributed by atoms with Crippen molar-refractivity contribution >= 4 is 29.0 Å². The van der Waals surface area contributed by atoms with E-state index in [0.29, 0.717) is 22.3 Å². The minimum Gasteiger partial charge on any atom is -0.508 e. The highest BCUT2D eigenvalue weighted by atomic mass is 35.5. The Morgan fingerprint density at radius 3 is 2.08 bits per heavy atom. The summed E-state index contributed by atoms with van der Waals surface area (Å²) < 4.78 is 0. The maximum absolute atomic E-state index is 10.6. The second-order valence-corrected chi connectivity index (χ2v) is 6.10. The van der Waals surface area contributed by atoms with Crippen LogP contribution in [0.3, 0.4) is 0 Å². The first-order valence-electron chi connectivity index (χ1n) is 6.83. The molecule has 4 nitrogen and oxygen atoms in total. The first kappa shape index (κ1) is 17.8. The third kappa shape index (κ3) is 3.69. The Bertz CT molecular complexity index is 906. The van der Waals surface area contributed by atoms with Gasteiger partial charge in [-0.25, -0.2) is 0 Å². The van der Waals surface area contributed by atoms with Gasteiger partial charge in [0.25, 0.3) is 0 Å². The van der Waals surface area contributed by atoms with Crippen molar-refractivity contribution in [2.24, 2.45) is 0 Å². The first-order valence-corrected chi connectivity index (χ1v) is 7.58. The van der Waals surface area contributed by atoms with Crippen LogP contribution < -0.4 is 0 Å². The molecule has 0 aliphatic heterocycles. The average molecular weight is 359 g/mol. The summed E-state index contributed by atoms with van der Waals surface area (Å²) >= 11 is 11.9. The van der Waals surface area contributed by atoms with Crippen molar-refractivity contribution in [2.75, 3.05) is 0 Å². The fourth-order valence-electron chi connectivity index (χ4n) is 2.12. The molecule has 0 saturated carbocycles. The van der Waals surface area contributed by atoms with Crippen LogP contribution in [0.2, 0.25) is 10.0 Å². The second kappa shape index (κ2) is 6.95. The van der Waals surface area contributed by atoms with E-state index in [-0.39, 0.29) is 15.8 Å². The van der Waals surface area contributed by atoms with Crippen LogP contribution in [0, 0.1) is 22.7 Å². The van der Waals surface area contributed by atoms with Crippen molar-refractivity contribution in [1.82, 2.24) is 0 Å². The van der Waals surface area contributed by atoms with Gasteiger partial charge in [-0.15, -0.1) is 0 Å². The molecule has 1 unspecified atom stereocenters. The molecule has 2 aromatic carbocycles. The average Bonchev–Trinajstić information content (AvgIpc) is 2.54. The van der Waals surface area contributed by atoms with Crippen LogP contribution in [0.1, 0.15) is 29.2 Å². The fraction of sp³-hybridized carbons (Fsp3) is 0.111. The molecule has 24 heavy (non-hydrogen) atoms. The van der Waals surface area contributed by atoms with Crippen molar-refractivity contribution in [1.29, 1.82) is 10.5 Å². The molecular formula is C18H12Cl2N2O2. The highest BCUT2D eigenvalue weighted by Crippen LogP contribution is 2.30. The van der Waals surface area contributed by atoms with Gasteiger partial charge in [-0.1, -0.05) is 29.3 Å². The number of rotatable bonds is 3. The lowest BCUT2D eigenvalue weighted by Gasteiger charge is -2.21. The van der Waals surface area contributed by atoms with Crippen molar-refractivity contribution < 1.29 is 10.2 Å². The van der Waals surface area contributed by atoms with Gasteiger partial charge < -0.3 is 10.2 Å². The number of hydrogen-bond donors (Lipinski definition) is 2. The van der Waals surface area contributed by atoms with E-state index in [4.69, 9.17) is 33.7 Å². The molecule has 1 atom stereocenters. The molecule has 120 valence electrons. The Morgan fingerprint density at radius 1 is 1.04 bits per heavy atom. The number of nitrogens with zero attached hydrogens (tertiary/aromatic N) is 2. The second-order valence-electron chi connectivity index (χ2n) is 5.29. The minimum absolute atomic E-state index is 0.202. The molecule has 0 aliphatic carbocycles. The van der Waals surface area contributed by atoms with Crippen molar-refractivity contribution in [3.63, 3.8) is 0 Å². The van der Waals surface area contributed by atoms with Crippen LogP contribution in [-0.4, -0.2) is 10.2 Å². The number of halogens is 2. The molecule has 0 amide bonds. The highest BCUT2D eigenvalue weighted by molar-refractivity contribution is 6.32. The van der Waals surface area contributed by atoms with Crippen molar-refractivity contribution in [3.8, 4) is 12.1 Å². The Morgan fingerprint density at radius 2 is 1.58 bits per heavy atom. The van der Waals surface area contributed by atoms with Gasteiger partial charge in [0.2, 0.25) is 0 Å². The van der Waals surface area contributed by atoms with Crippen LogP contribution in [0.15, 0.2) is 42.5 Å². The summed E-state index contributed by atoms with van der Waals surface area (Å²) in [5, 5.41) is 39.0. The van der Waals surface area contributed by atoms with Crippen LogP contribution in [0.25, 0.3) is 5.76 Å². The van der Waals surface area contributed by atoms with E-state index in [1.54, 1.807) is 6.07 Å². The SMILES string of the molecule is CC(O)(/C=C(/O)c1ccc(C#N)c(Cl)c1)c1ccc(C#N)c(Cl)c1. The molecule has 0 saturated heterocycles. The van der Waals surface area contributed by atoms with Gasteiger partial charge in [-0.3, -0.25) is 0 Å². The van der Waals surface area contributed by atoms with Crippen LogP contribution in [0.4, 0.5) is 0 Å². The zero-order valence-corrected chi connectivity index (χ0v) is 14.1. The number of aliphatic hydroxyl groups excluding tert-OH is 1. The first-order chi connectivity index (χ1) is 11.3. The van der Waals surface area contributed by atoms with E-state index < -0.39 is 5.60 Å². The summed E-state index contributed by atoms with van der Waals surface area (Å²) in [6.45, 7) is 1.48. The molecule has 2 aromatic rings. The van der Waals surface area contributed by atoms with E-state index in [0.717, 1.165) is 0 Å². The summed E-state index contributed by atoms with van der Waals surface area (Å²) in [6.07, 6.45) is 1.24. The maximum Gasteiger partial charge on any atom is 0.122 e. The fourth-order valence-corrected chi connectivity index (χ4v) is 2.56. The largest absolute Gasteiger partial charge is 0.508 e. The molecule has 2 rings (SSSR count). The summed E-state index contributed by atoms with van der Waals surface area (Å²) in [5.41, 5.74) is -0.166. The monoisotopic (exact) mass is 358 g/mol. The molecule has 0 bridgehead atoms. The molecule has 0 fully saturated rings. The predicted molar refractivity (Wildman–Crippen MR) is 92.5 cm³/mol. The molecule has 0 aliphatic rings. The zero-order valence-electron chi connectivity index (χ0n) is 12.6. The normalized spacial score (nSPS) is 13.7. The Hall–Kier alpha value is -2.50. The Labute approximate surface area is 149 Å². The van der Waals surface area contributed by atoms with Crippen molar-refractivity contribution in [2.45, 2.75) is 12.5 Å². The number of aliphatic hydroxyl groups is 2. The lowest BCUT2D eigenvalue weighted by molar-refractivity contribution is 0.110. The summed E-state index contributed by atoms with van der Waals surface area (Å²) in [6, 6.07) is 12.8. The lowest BCUT2D eigenvalue weighted by Crippen LogP contribution is -2.18. The minimum atomic E-state index is -1.53. The summed E-state index contributed by atoms with van der Waals surface area (Å²) in [4.78, 5) is 0. The molecule has 0 spiro atoms. The molecular weight excluding hydrogens is 347 g/mol. The highest BCUT2D eigenvalue weighted by Gasteiger charge is 2.23. The van der Waals surface area contributed by atoms with Gasteiger partial charge in [0.15, 0.2) is 0 Å². The molecule has 0 aromatic heterocycles. The lowest BCUT2D eigenvalue weighted by atomic mass is 9.93. The van der Waals surface area contributed by atoms with Crippen molar-refractivity contribution in [3.05, 3.63) is 74.8 Å². The number of benzene rings is 2. The standard InChI is InChI=1S/C18H12Cl2N2O2/c1-18(24,14-5-4-13(10-22)16(20)7-14)8-17(23)11-2-3-12(9-21)15(19)6-11/h2-8,23-24H,1H3/b17-8+. The molecule has 0 radical (unpaired) electrons.